The topological polar surface area (TPSA) is 25.8 Å². The van der Waals surface area contributed by atoms with Crippen LogP contribution in [0.25, 0.3) is 75.1 Å². The molecule has 39 heavy (non-hydrogen) atoms. The van der Waals surface area contributed by atoms with Crippen molar-refractivity contribution in [2.24, 2.45) is 0 Å². The van der Waals surface area contributed by atoms with E-state index >= 15 is 0 Å². The zero-order chi connectivity index (χ0) is 26.1. The van der Waals surface area contributed by atoms with Crippen LogP contribution in [-0.2, 0) is 0 Å². The summed E-state index contributed by atoms with van der Waals surface area (Å²) in [5.74, 6) is 0. The van der Waals surface area contributed by atoms with Gasteiger partial charge in [-0.1, -0.05) is 77.9 Å². The number of nitrogens with zero attached hydrogens (tertiary/aromatic N) is 2. The van der Waals surface area contributed by atoms with Crippen molar-refractivity contribution in [1.29, 1.82) is 0 Å². The third-order valence-corrected chi connectivity index (χ3v) is 8.94. The minimum absolute atomic E-state index is 0.890. The minimum atomic E-state index is 0.890. The number of hydrogen-bond acceptors (Lipinski definition) is 3. The molecule has 0 bridgehead atoms. The SMILES string of the molecule is Cc1ccc2c3ccc(C)cc3c3nc(-c4cccc(-c5ccc6sc7ccccc7c6c5)c4)cnc3c2c1. The fourth-order valence-electron chi connectivity index (χ4n) is 5.85. The van der Waals surface area contributed by atoms with E-state index in [2.05, 4.69) is 117 Å². The molecule has 0 spiro atoms. The van der Waals surface area contributed by atoms with Gasteiger partial charge in [0, 0.05) is 36.5 Å². The van der Waals surface area contributed by atoms with Crippen LogP contribution in [0, 0.1) is 13.8 Å². The first-order valence-electron chi connectivity index (χ1n) is 13.2. The third kappa shape index (κ3) is 3.54. The van der Waals surface area contributed by atoms with Crippen LogP contribution in [0.1, 0.15) is 11.1 Å². The van der Waals surface area contributed by atoms with Crippen LogP contribution in [-0.4, -0.2) is 9.97 Å². The van der Waals surface area contributed by atoms with Gasteiger partial charge in [0.1, 0.15) is 0 Å². The Bertz CT molecular complexity index is 2260. The summed E-state index contributed by atoms with van der Waals surface area (Å²) in [5.41, 5.74) is 8.72. The van der Waals surface area contributed by atoms with Crippen LogP contribution < -0.4 is 0 Å². The monoisotopic (exact) mass is 516 g/mol. The molecule has 0 N–H and O–H groups in total. The van der Waals surface area contributed by atoms with Crippen LogP contribution in [0.2, 0.25) is 0 Å². The Hall–Kier alpha value is -4.60. The van der Waals surface area contributed by atoms with E-state index < -0.39 is 0 Å². The second-order valence-electron chi connectivity index (χ2n) is 10.4. The van der Waals surface area contributed by atoms with Crippen molar-refractivity contribution >= 4 is 64.1 Å². The summed E-state index contributed by atoms with van der Waals surface area (Å²) in [7, 11) is 0. The van der Waals surface area contributed by atoms with Gasteiger partial charge in [0.2, 0.25) is 0 Å². The lowest BCUT2D eigenvalue weighted by molar-refractivity contribution is 1.31. The normalized spacial score (nSPS) is 11.8. The molecule has 0 unspecified atom stereocenters. The molecule has 0 saturated heterocycles. The van der Waals surface area contributed by atoms with Crippen molar-refractivity contribution in [2.75, 3.05) is 0 Å². The van der Waals surface area contributed by atoms with Gasteiger partial charge in [-0.2, -0.15) is 0 Å². The fraction of sp³-hybridized carbons (Fsp3) is 0.0556. The van der Waals surface area contributed by atoms with Gasteiger partial charge in [-0.25, -0.2) is 4.98 Å². The second-order valence-corrected chi connectivity index (χ2v) is 11.5. The Morgan fingerprint density at radius 3 is 2.00 bits per heavy atom. The summed E-state index contributed by atoms with van der Waals surface area (Å²) in [6, 6.07) is 37.4. The maximum atomic E-state index is 5.25. The predicted octanol–water partition coefficient (Wildman–Crippen LogP) is 10.3. The average Bonchev–Trinajstić information content (AvgIpc) is 3.35. The van der Waals surface area contributed by atoms with Crippen LogP contribution in [0.5, 0.6) is 0 Å². The van der Waals surface area contributed by atoms with E-state index in [4.69, 9.17) is 9.97 Å². The van der Waals surface area contributed by atoms with E-state index in [0.717, 1.165) is 33.1 Å². The maximum absolute atomic E-state index is 5.25. The van der Waals surface area contributed by atoms with Gasteiger partial charge < -0.3 is 0 Å². The first kappa shape index (κ1) is 22.4. The molecule has 0 aliphatic heterocycles. The molecular weight excluding hydrogens is 492 g/mol. The van der Waals surface area contributed by atoms with Crippen LogP contribution in [0.4, 0.5) is 0 Å². The predicted molar refractivity (Wildman–Crippen MR) is 168 cm³/mol. The van der Waals surface area contributed by atoms with Gasteiger partial charge in [0.25, 0.3) is 0 Å². The molecule has 2 heterocycles. The Morgan fingerprint density at radius 2 is 1.18 bits per heavy atom. The Kier molecular flexibility index (Phi) is 4.85. The molecule has 0 amide bonds. The molecule has 8 rings (SSSR count). The van der Waals surface area contributed by atoms with E-state index in [1.807, 2.05) is 17.5 Å². The number of rotatable bonds is 2. The Balaban J connectivity index is 1.32. The number of fused-ring (bicyclic) bond motifs is 9. The quantitative estimate of drug-likeness (QED) is 0.214. The molecule has 0 atom stereocenters. The summed E-state index contributed by atoms with van der Waals surface area (Å²) in [4.78, 5) is 10.3. The number of benzene rings is 6. The molecule has 0 radical (unpaired) electrons. The van der Waals surface area contributed by atoms with E-state index in [9.17, 15) is 0 Å². The number of thiophene rings is 1. The highest BCUT2D eigenvalue weighted by Crippen LogP contribution is 2.38. The fourth-order valence-corrected chi connectivity index (χ4v) is 6.94. The average molecular weight is 517 g/mol. The first-order valence-corrected chi connectivity index (χ1v) is 14.1. The van der Waals surface area contributed by atoms with Gasteiger partial charge in [-0.05, 0) is 72.1 Å². The van der Waals surface area contributed by atoms with Crippen molar-refractivity contribution in [3.8, 4) is 22.4 Å². The van der Waals surface area contributed by atoms with Crippen molar-refractivity contribution < 1.29 is 0 Å². The molecule has 6 aromatic carbocycles. The van der Waals surface area contributed by atoms with E-state index in [1.54, 1.807) is 0 Å². The summed E-state index contributed by atoms with van der Waals surface area (Å²) >= 11 is 1.85. The molecule has 2 nitrogen and oxygen atoms in total. The third-order valence-electron chi connectivity index (χ3n) is 7.79. The molecule has 0 aliphatic rings. The van der Waals surface area contributed by atoms with Crippen LogP contribution >= 0.6 is 11.3 Å². The van der Waals surface area contributed by atoms with Crippen LogP contribution in [0.3, 0.4) is 0 Å². The number of aromatic nitrogens is 2. The highest BCUT2D eigenvalue weighted by atomic mass is 32.1. The Morgan fingerprint density at radius 1 is 0.487 bits per heavy atom. The van der Waals surface area contributed by atoms with Gasteiger partial charge in [0.15, 0.2) is 0 Å². The van der Waals surface area contributed by atoms with Crippen molar-refractivity contribution in [3.05, 3.63) is 120 Å². The lowest BCUT2D eigenvalue weighted by Crippen LogP contribution is -1.93. The molecular formula is C36H24N2S. The van der Waals surface area contributed by atoms with Gasteiger partial charge in [-0.15, -0.1) is 11.3 Å². The highest BCUT2D eigenvalue weighted by Gasteiger charge is 2.14. The summed E-state index contributed by atoms with van der Waals surface area (Å²) in [5, 5.41) is 7.39. The van der Waals surface area contributed by atoms with Crippen molar-refractivity contribution in [1.82, 2.24) is 9.97 Å². The first-order chi connectivity index (χ1) is 19.1. The molecule has 8 aromatic rings. The lowest BCUT2D eigenvalue weighted by Gasteiger charge is -2.12. The van der Waals surface area contributed by atoms with E-state index in [0.29, 0.717) is 0 Å². The minimum Gasteiger partial charge on any atom is -0.252 e. The van der Waals surface area contributed by atoms with E-state index in [-0.39, 0.29) is 0 Å². The zero-order valence-electron chi connectivity index (χ0n) is 21.7. The lowest BCUT2D eigenvalue weighted by atomic mass is 9.96. The van der Waals surface area contributed by atoms with Gasteiger partial charge in [-0.3, -0.25) is 4.98 Å². The van der Waals surface area contributed by atoms with Crippen molar-refractivity contribution in [2.45, 2.75) is 13.8 Å². The van der Waals surface area contributed by atoms with E-state index in [1.165, 1.54) is 53.2 Å². The maximum Gasteiger partial charge on any atom is 0.0979 e. The van der Waals surface area contributed by atoms with Gasteiger partial charge in [0.05, 0.1) is 22.9 Å². The Labute approximate surface area is 230 Å². The smallest absolute Gasteiger partial charge is 0.0979 e. The molecule has 2 aromatic heterocycles. The summed E-state index contributed by atoms with van der Waals surface area (Å²) < 4.78 is 2.65. The highest BCUT2D eigenvalue weighted by molar-refractivity contribution is 7.25. The molecule has 0 saturated carbocycles. The molecule has 0 fully saturated rings. The largest absolute Gasteiger partial charge is 0.252 e. The summed E-state index contributed by atoms with van der Waals surface area (Å²) in [6.07, 6.45) is 1.93. The van der Waals surface area contributed by atoms with Gasteiger partial charge >= 0.3 is 0 Å². The summed E-state index contributed by atoms with van der Waals surface area (Å²) in [6.45, 7) is 4.27. The van der Waals surface area contributed by atoms with Crippen LogP contribution in [0.15, 0.2) is 109 Å². The molecule has 184 valence electrons. The molecule has 3 heteroatoms. The number of hydrogen-bond donors (Lipinski definition) is 0. The second kappa shape index (κ2) is 8.45. The molecule has 0 aliphatic carbocycles. The standard InChI is InChI=1S/C36H24N2S/c1-21-10-13-26-27-14-11-22(2)17-31(27)36-35(30(26)16-21)37-20-32(38-36)25-7-5-6-23(18-25)24-12-15-34-29(19-24)28-8-3-4-9-33(28)39-34/h3-20H,1-2H3. The van der Waals surface area contributed by atoms with Crippen molar-refractivity contribution in [3.63, 3.8) is 0 Å². The number of aryl methyl sites for hydroxylation is 2. The zero-order valence-corrected chi connectivity index (χ0v) is 22.5.